The van der Waals surface area contributed by atoms with E-state index in [1.165, 1.54) is 5.56 Å². The van der Waals surface area contributed by atoms with Gasteiger partial charge in [0.15, 0.2) is 0 Å². The molecule has 0 aliphatic carbocycles. The number of hydrogen-bond acceptors (Lipinski definition) is 3. The molecule has 1 aromatic heterocycles. The molecule has 1 aromatic carbocycles. The summed E-state index contributed by atoms with van der Waals surface area (Å²) < 4.78 is 0. The van der Waals surface area contributed by atoms with Crippen molar-refractivity contribution in [2.75, 3.05) is 19.4 Å². The third-order valence-electron chi connectivity index (χ3n) is 2.85. The standard InChI is InChI=1S/C14H20N4/c1-11-14(17-10-16-11)8-15-13-6-4-12(5-7-13)9-18(2)3/h4-7,10,15H,8-9H2,1-3H3,(H,16,17). The minimum Gasteiger partial charge on any atom is -0.379 e. The summed E-state index contributed by atoms with van der Waals surface area (Å²) in [6.07, 6.45) is 1.73. The van der Waals surface area contributed by atoms with Crippen LogP contribution >= 0.6 is 0 Å². The topological polar surface area (TPSA) is 44.0 Å². The zero-order chi connectivity index (χ0) is 13.0. The smallest absolute Gasteiger partial charge is 0.0925 e. The zero-order valence-corrected chi connectivity index (χ0v) is 11.2. The van der Waals surface area contributed by atoms with Gasteiger partial charge in [0.25, 0.3) is 0 Å². The number of aromatic nitrogens is 2. The van der Waals surface area contributed by atoms with Crippen molar-refractivity contribution < 1.29 is 0 Å². The average Bonchev–Trinajstić information content (AvgIpc) is 2.73. The van der Waals surface area contributed by atoms with Crippen molar-refractivity contribution in [3.05, 3.63) is 47.5 Å². The molecule has 0 spiro atoms. The van der Waals surface area contributed by atoms with E-state index in [0.29, 0.717) is 0 Å². The Labute approximate surface area is 108 Å². The molecule has 18 heavy (non-hydrogen) atoms. The van der Waals surface area contributed by atoms with Crippen molar-refractivity contribution in [3.63, 3.8) is 0 Å². The molecule has 0 aliphatic rings. The maximum Gasteiger partial charge on any atom is 0.0925 e. The van der Waals surface area contributed by atoms with Crippen LogP contribution in [0.3, 0.4) is 0 Å². The highest BCUT2D eigenvalue weighted by Gasteiger charge is 2.01. The molecule has 0 saturated heterocycles. The second-order valence-electron chi connectivity index (χ2n) is 4.76. The Hall–Kier alpha value is -1.81. The number of H-pyrrole nitrogens is 1. The van der Waals surface area contributed by atoms with Gasteiger partial charge in [-0.05, 0) is 38.7 Å². The Balaban J connectivity index is 1.92. The van der Waals surface area contributed by atoms with Gasteiger partial charge < -0.3 is 15.2 Å². The van der Waals surface area contributed by atoms with Crippen molar-refractivity contribution in [2.24, 2.45) is 0 Å². The number of nitrogens with one attached hydrogen (secondary N) is 2. The molecule has 0 bridgehead atoms. The summed E-state index contributed by atoms with van der Waals surface area (Å²) in [4.78, 5) is 9.50. The van der Waals surface area contributed by atoms with E-state index < -0.39 is 0 Å². The lowest BCUT2D eigenvalue weighted by molar-refractivity contribution is 0.402. The molecule has 0 saturated carbocycles. The summed E-state index contributed by atoms with van der Waals surface area (Å²) in [5, 5.41) is 3.37. The summed E-state index contributed by atoms with van der Waals surface area (Å²) in [5.41, 5.74) is 4.63. The fourth-order valence-corrected chi connectivity index (χ4v) is 1.84. The number of rotatable bonds is 5. The van der Waals surface area contributed by atoms with Crippen LogP contribution < -0.4 is 5.32 Å². The highest BCUT2D eigenvalue weighted by Crippen LogP contribution is 2.12. The Kier molecular flexibility index (Phi) is 3.99. The van der Waals surface area contributed by atoms with Crippen LogP contribution in [0.4, 0.5) is 5.69 Å². The summed E-state index contributed by atoms with van der Waals surface area (Å²) >= 11 is 0. The van der Waals surface area contributed by atoms with Crippen molar-refractivity contribution in [1.29, 1.82) is 0 Å². The molecule has 2 rings (SSSR count). The fourth-order valence-electron chi connectivity index (χ4n) is 1.84. The Bertz CT molecular complexity index is 485. The molecule has 0 aliphatic heterocycles. The normalized spacial score (nSPS) is 10.9. The first-order chi connectivity index (χ1) is 8.65. The molecule has 96 valence electrons. The molecule has 4 heteroatoms. The second kappa shape index (κ2) is 5.69. The van der Waals surface area contributed by atoms with Crippen LogP contribution in [0.5, 0.6) is 0 Å². The molecule has 1 heterocycles. The van der Waals surface area contributed by atoms with Gasteiger partial charge in [0.2, 0.25) is 0 Å². The molecule has 0 radical (unpaired) electrons. The van der Waals surface area contributed by atoms with Crippen LogP contribution in [0.2, 0.25) is 0 Å². The van der Waals surface area contributed by atoms with Gasteiger partial charge >= 0.3 is 0 Å². The molecule has 0 fully saturated rings. The van der Waals surface area contributed by atoms with E-state index in [9.17, 15) is 0 Å². The molecule has 0 atom stereocenters. The maximum atomic E-state index is 4.26. The van der Waals surface area contributed by atoms with E-state index in [-0.39, 0.29) is 0 Å². The number of aryl methyl sites for hydroxylation is 1. The highest BCUT2D eigenvalue weighted by molar-refractivity contribution is 5.45. The Morgan fingerprint density at radius 1 is 1.22 bits per heavy atom. The second-order valence-corrected chi connectivity index (χ2v) is 4.76. The van der Waals surface area contributed by atoms with Gasteiger partial charge in [-0.2, -0.15) is 0 Å². The zero-order valence-electron chi connectivity index (χ0n) is 11.2. The number of nitrogens with zero attached hydrogens (tertiary/aromatic N) is 2. The minimum absolute atomic E-state index is 0.752. The molecule has 2 N–H and O–H groups in total. The van der Waals surface area contributed by atoms with Gasteiger partial charge in [-0.1, -0.05) is 12.1 Å². The highest BCUT2D eigenvalue weighted by atomic mass is 15.0. The quantitative estimate of drug-likeness (QED) is 0.848. The van der Waals surface area contributed by atoms with Gasteiger partial charge in [-0.25, -0.2) is 4.98 Å². The van der Waals surface area contributed by atoms with E-state index >= 15 is 0 Å². The largest absolute Gasteiger partial charge is 0.379 e. The number of anilines is 1. The minimum atomic E-state index is 0.752. The summed E-state index contributed by atoms with van der Waals surface area (Å²) in [5.74, 6) is 0. The predicted molar refractivity (Wildman–Crippen MR) is 74.5 cm³/mol. The van der Waals surface area contributed by atoms with Crippen LogP contribution in [-0.2, 0) is 13.1 Å². The Morgan fingerprint density at radius 3 is 2.50 bits per heavy atom. The van der Waals surface area contributed by atoms with Crippen molar-refractivity contribution in [3.8, 4) is 0 Å². The van der Waals surface area contributed by atoms with E-state index in [1.807, 2.05) is 6.92 Å². The van der Waals surface area contributed by atoms with Crippen molar-refractivity contribution >= 4 is 5.69 Å². The van der Waals surface area contributed by atoms with Crippen LogP contribution in [0.1, 0.15) is 17.0 Å². The number of benzene rings is 1. The van der Waals surface area contributed by atoms with E-state index in [1.54, 1.807) is 6.33 Å². The van der Waals surface area contributed by atoms with Gasteiger partial charge in [0.1, 0.15) is 0 Å². The molecule has 0 amide bonds. The third-order valence-corrected chi connectivity index (χ3v) is 2.85. The molecule has 0 unspecified atom stereocenters. The van der Waals surface area contributed by atoms with Gasteiger partial charge in [0.05, 0.1) is 18.6 Å². The van der Waals surface area contributed by atoms with Crippen LogP contribution in [0, 0.1) is 6.92 Å². The molecule has 4 nitrogen and oxygen atoms in total. The summed E-state index contributed by atoms with van der Waals surface area (Å²) in [6.45, 7) is 3.76. The van der Waals surface area contributed by atoms with E-state index in [4.69, 9.17) is 0 Å². The van der Waals surface area contributed by atoms with Crippen LogP contribution in [0.25, 0.3) is 0 Å². The first-order valence-corrected chi connectivity index (χ1v) is 6.11. The first kappa shape index (κ1) is 12.6. The number of hydrogen-bond donors (Lipinski definition) is 2. The van der Waals surface area contributed by atoms with Gasteiger partial charge in [-0.3, -0.25) is 0 Å². The molecular formula is C14H20N4. The van der Waals surface area contributed by atoms with E-state index in [0.717, 1.165) is 30.2 Å². The SMILES string of the molecule is Cc1[nH]cnc1CNc1ccc(CN(C)C)cc1. The number of aromatic amines is 1. The lowest BCUT2D eigenvalue weighted by Gasteiger charge is -2.10. The predicted octanol–water partition coefficient (Wildman–Crippen LogP) is 2.39. The monoisotopic (exact) mass is 244 g/mol. The van der Waals surface area contributed by atoms with Gasteiger partial charge in [-0.15, -0.1) is 0 Å². The summed E-state index contributed by atoms with van der Waals surface area (Å²) in [7, 11) is 4.15. The third kappa shape index (κ3) is 3.34. The van der Waals surface area contributed by atoms with Crippen LogP contribution in [-0.4, -0.2) is 29.0 Å². The molecule has 2 aromatic rings. The lowest BCUT2D eigenvalue weighted by Crippen LogP contribution is -2.10. The average molecular weight is 244 g/mol. The number of imidazole rings is 1. The lowest BCUT2D eigenvalue weighted by atomic mass is 10.2. The van der Waals surface area contributed by atoms with Crippen molar-refractivity contribution in [2.45, 2.75) is 20.0 Å². The fraction of sp³-hybridized carbons (Fsp3) is 0.357. The van der Waals surface area contributed by atoms with Crippen molar-refractivity contribution in [1.82, 2.24) is 14.9 Å². The Morgan fingerprint density at radius 2 is 1.94 bits per heavy atom. The van der Waals surface area contributed by atoms with Gasteiger partial charge in [0, 0.05) is 17.9 Å². The van der Waals surface area contributed by atoms with E-state index in [2.05, 4.69) is 58.5 Å². The summed E-state index contributed by atoms with van der Waals surface area (Å²) in [6, 6.07) is 8.53. The molecular weight excluding hydrogens is 224 g/mol. The first-order valence-electron chi connectivity index (χ1n) is 6.11. The maximum absolute atomic E-state index is 4.26. The van der Waals surface area contributed by atoms with Crippen LogP contribution in [0.15, 0.2) is 30.6 Å².